The molecular formula is C12H22O. The van der Waals surface area contributed by atoms with Gasteiger partial charge < -0.3 is 4.42 Å². The van der Waals surface area contributed by atoms with Gasteiger partial charge in [-0.05, 0) is 25.5 Å². The Kier molecular flexibility index (Phi) is 4.25. The Hall–Kier alpha value is -0.720. The first-order chi connectivity index (χ1) is 5.91. The maximum Gasteiger partial charge on any atom is 0.109 e. The Balaban J connectivity index is 0.000000671. The van der Waals surface area contributed by atoms with Crippen molar-refractivity contribution in [3.8, 4) is 0 Å². The summed E-state index contributed by atoms with van der Waals surface area (Å²) in [5.41, 5.74) is 1.38. The molecule has 0 saturated carbocycles. The SMILES string of the molecule is CC.Cc1cc(C(C)(C)C)oc1C. The van der Waals surface area contributed by atoms with Crippen LogP contribution in [0.2, 0.25) is 0 Å². The topological polar surface area (TPSA) is 13.1 Å². The van der Waals surface area contributed by atoms with Crippen molar-refractivity contribution >= 4 is 0 Å². The molecule has 0 aliphatic carbocycles. The second-order valence-corrected chi connectivity index (χ2v) is 4.10. The predicted molar refractivity (Wildman–Crippen MR) is 58.2 cm³/mol. The summed E-state index contributed by atoms with van der Waals surface area (Å²) in [6.07, 6.45) is 0. The van der Waals surface area contributed by atoms with Crippen LogP contribution in [-0.4, -0.2) is 0 Å². The molecule has 0 spiro atoms. The summed E-state index contributed by atoms with van der Waals surface area (Å²) < 4.78 is 5.58. The van der Waals surface area contributed by atoms with Crippen molar-refractivity contribution in [3.63, 3.8) is 0 Å². The lowest BCUT2D eigenvalue weighted by molar-refractivity contribution is 0.395. The van der Waals surface area contributed by atoms with E-state index >= 15 is 0 Å². The van der Waals surface area contributed by atoms with Gasteiger partial charge in [0.25, 0.3) is 0 Å². The highest BCUT2D eigenvalue weighted by Crippen LogP contribution is 2.26. The molecule has 0 aliphatic rings. The zero-order valence-electron chi connectivity index (χ0n) is 9.99. The van der Waals surface area contributed by atoms with E-state index in [0.717, 1.165) is 11.5 Å². The Morgan fingerprint density at radius 1 is 1.08 bits per heavy atom. The minimum Gasteiger partial charge on any atom is -0.466 e. The second kappa shape index (κ2) is 4.50. The van der Waals surface area contributed by atoms with Crippen LogP contribution in [0.25, 0.3) is 0 Å². The maximum atomic E-state index is 5.58. The van der Waals surface area contributed by atoms with Crippen LogP contribution in [0.15, 0.2) is 10.5 Å². The fraction of sp³-hybridized carbons (Fsp3) is 0.667. The van der Waals surface area contributed by atoms with Crippen molar-refractivity contribution in [2.75, 3.05) is 0 Å². The third-order valence-corrected chi connectivity index (χ3v) is 1.91. The minimum atomic E-state index is 0.138. The quantitative estimate of drug-likeness (QED) is 0.585. The van der Waals surface area contributed by atoms with Crippen molar-refractivity contribution in [2.24, 2.45) is 0 Å². The fourth-order valence-corrected chi connectivity index (χ4v) is 0.943. The van der Waals surface area contributed by atoms with Gasteiger partial charge in [0.05, 0.1) is 0 Å². The van der Waals surface area contributed by atoms with Crippen molar-refractivity contribution in [3.05, 3.63) is 23.2 Å². The third-order valence-electron chi connectivity index (χ3n) is 1.91. The van der Waals surface area contributed by atoms with Gasteiger partial charge in [-0.1, -0.05) is 34.6 Å². The molecule has 1 nitrogen and oxygen atoms in total. The van der Waals surface area contributed by atoms with E-state index in [0.29, 0.717) is 0 Å². The zero-order valence-corrected chi connectivity index (χ0v) is 9.99. The van der Waals surface area contributed by atoms with Gasteiger partial charge in [0.15, 0.2) is 0 Å². The summed E-state index contributed by atoms with van der Waals surface area (Å²) in [6.45, 7) is 14.6. The molecule has 1 heterocycles. The van der Waals surface area contributed by atoms with Gasteiger partial charge in [0.2, 0.25) is 0 Å². The second-order valence-electron chi connectivity index (χ2n) is 4.10. The number of furan rings is 1. The van der Waals surface area contributed by atoms with Crippen molar-refractivity contribution in [1.29, 1.82) is 0 Å². The molecule has 0 aromatic carbocycles. The first-order valence-corrected chi connectivity index (χ1v) is 4.99. The highest BCUT2D eigenvalue weighted by molar-refractivity contribution is 5.22. The van der Waals surface area contributed by atoms with Gasteiger partial charge in [-0.25, -0.2) is 0 Å². The molecule has 76 valence electrons. The van der Waals surface area contributed by atoms with Crippen LogP contribution in [0.4, 0.5) is 0 Å². The normalized spacial score (nSPS) is 10.7. The molecule has 0 aliphatic heterocycles. The van der Waals surface area contributed by atoms with Gasteiger partial charge in [-0.15, -0.1) is 0 Å². The van der Waals surface area contributed by atoms with E-state index in [1.165, 1.54) is 5.56 Å². The van der Waals surface area contributed by atoms with Crippen LogP contribution < -0.4 is 0 Å². The average molecular weight is 182 g/mol. The highest BCUT2D eigenvalue weighted by Gasteiger charge is 2.18. The lowest BCUT2D eigenvalue weighted by Gasteiger charge is -2.13. The molecule has 0 fully saturated rings. The molecule has 1 heteroatoms. The van der Waals surface area contributed by atoms with Crippen LogP contribution in [-0.2, 0) is 5.41 Å². The van der Waals surface area contributed by atoms with Crippen LogP contribution in [0.5, 0.6) is 0 Å². The predicted octanol–water partition coefficient (Wildman–Crippen LogP) is 4.22. The van der Waals surface area contributed by atoms with Gasteiger partial charge in [-0.3, -0.25) is 0 Å². The summed E-state index contributed by atoms with van der Waals surface area (Å²) in [5.74, 6) is 2.11. The molecule has 0 atom stereocenters. The first-order valence-electron chi connectivity index (χ1n) is 4.99. The Morgan fingerprint density at radius 3 is 1.69 bits per heavy atom. The minimum absolute atomic E-state index is 0.138. The number of aryl methyl sites for hydroxylation is 2. The lowest BCUT2D eigenvalue weighted by atomic mass is 9.93. The van der Waals surface area contributed by atoms with Crippen molar-refractivity contribution in [2.45, 2.75) is 53.9 Å². The van der Waals surface area contributed by atoms with E-state index in [4.69, 9.17) is 4.42 Å². The maximum absolute atomic E-state index is 5.58. The van der Waals surface area contributed by atoms with Crippen LogP contribution >= 0.6 is 0 Å². The molecular weight excluding hydrogens is 160 g/mol. The summed E-state index contributed by atoms with van der Waals surface area (Å²) in [5, 5.41) is 0. The van der Waals surface area contributed by atoms with Crippen molar-refractivity contribution < 1.29 is 4.42 Å². The third kappa shape index (κ3) is 3.25. The molecule has 1 aromatic heterocycles. The highest BCUT2D eigenvalue weighted by atomic mass is 16.3. The lowest BCUT2D eigenvalue weighted by Crippen LogP contribution is -2.09. The summed E-state index contributed by atoms with van der Waals surface area (Å²) >= 11 is 0. The Morgan fingerprint density at radius 2 is 1.54 bits per heavy atom. The van der Waals surface area contributed by atoms with Gasteiger partial charge in [-0.2, -0.15) is 0 Å². The standard InChI is InChI=1S/C10H16O.C2H6/c1-7-6-9(10(3,4)5)11-8(7)2;1-2/h6H,1-5H3;1-2H3. The van der Waals surface area contributed by atoms with Gasteiger partial charge in [0.1, 0.15) is 11.5 Å². The van der Waals surface area contributed by atoms with E-state index in [-0.39, 0.29) is 5.41 Å². The van der Waals surface area contributed by atoms with Crippen LogP contribution in [0.1, 0.15) is 51.7 Å². The van der Waals surface area contributed by atoms with Crippen LogP contribution in [0, 0.1) is 13.8 Å². The largest absolute Gasteiger partial charge is 0.466 e. The fourth-order valence-electron chi connectivity index (χ4n) is 0.943. The summed E-state index contributed by atoms with van der Waals surface area (Å²) in [4.78, 5) is 0. The molecule has 0 unspecified atom stereocenters. The molecule has 1 aromatic rings. The van der Waals surface area contributed by atoms with Gasteiger partial charge >= 0.3 is 0 Å². The molecule has 0 N–H and O–H groups in total. The molecule has 0 amide bonds. The smallest absolute Gasteiger partial charge is 0.109 e. The van der Waals surface area contributed by atoms with Crippen LogP contribution in [0.3, 0.4) is 0 Å². The first kappa shape index (κ1) is 12.3. The summed E-state index contributed by atoms with van der Waals surface area (Å²) in [7, 11) is 0. The van der Waals surface area contributed by atoms with E-state index in [1.54, 1.807) is 0 Å². The van der Waals surface area contributed by atoms with Crippen molar-refractivity contribution in [1.82, 2.24) is 0 Å². The number of hydrogen-bond acceptors (Lipinski definition) is 1. The van der Waals surface area contributed by atoms with E-state index in [1.807, 2.05) is 20.8 Å². The number of rotatable bonds is 0. The average Bonchev–Trinajstić information content (AvgIpc) is 2.35. The van der Waals surface area contributed by atoms with E-state index in [2.05, 4.69) is 33.8 Å². The molecule has 1 rings (SSSR count). The Bertz CT molecular complexity index is 231. The Labute approximate surface area is 82.2 Å². The number of hydrogen-bond donors (Lipinski definition) is 0. The molecule has 13 heavy (non-hydrogen) atoms. The van der Waals surface area contributed by atoms with E-state index < -0.39 is 0 Å². The molecule has 0 bridgehead atoms. The van der Waals surface area contributed by atoms with Gasteiger partial charge in [0, 0.05) is 5.41 Å². The summed E-state index contributed by atoms with van der Waals surface area (Å²) in [6, 6.07) is 2.12. The molecule has 0 radical (unpaired) electrons. The monoisotopic (exact) mass is 182 g/mol. The van der Waals surface area contributed by atoms with E-state index in [9.17, 15) is 0 Å². The molecule has 0 saturated heterocycles. The zero-order chi connectivity index (χ0) is 10.6.